The molecule has 1 heterocycles. The molecule has 3 atom stereocenters. The van der Waals surface area contributed by atoms with Crippen molar-refractivity contribution in [2.24, 2.45) is 0 Å². The Bertz CT molecular complexity index is 421. The van der Waals surface area contributed by atoms with Crippen LogP contribution in [0.25, 0.3) is 0 Å². The van der Waals surface area contributed by atoms with Crippen molar-refractivity contribution in [3.8, 4) is 0 Å². The third-order valence-corrected chi connectivity index (χ3v) is 3.54. The van der Waals surface area contributed by atoms with Gasteiger partial charge in [0.05, 0.1) is 12.7 Å². The molecule has 1 N–H and O–H groups in total. The summed E-state index contributed by atoms with van der Waals surface area (Å²) in [6.45, 7) is 5.03. The first-order valence-electron chi connectivity index (χ1n) is 7.30. The molecule has 1 aliphatic rings. The van der Waals surface area contributed by atoms with Gasteiger partial charge in [-0.2, -0.15) is 0 Å². The van der Waals surface area contributed by atoms with Gasteiger partial charge >= 0.3 is 5.97 Å². The maximum atomic E-state index is 12.2. The molecule has 20 heavy (non-hydrogen) atoms. The van der Waals surface area contributed by atoms with E-state index in [0.717, 1.165) is 25.0 Å². The molecule has 1 saturated heterocycles. The Balaban J connectivity index is 2.08. The fraction of sp³-hybridized carbons (Fsp3) is 0.562. The van der Waals surface area contributed by atoms with E-state index < -0.39 is 6.04 Å². The van der Waals surface area contributed by atoms with Gasteiger partial charge in [-0.1, -0.05) is 30.3 Å². The second kappa shape index (κ2) is 7.41. The van der Waals surface area contributed by atoms with Gasteiger partial charge in [0.2, 0.25) is 0 Å². The molecule has 4 heteroatoms. The Morgan fingerprint density at radius 2 is 2.20 bits per heavy atom. The largest absolute Gasteiger partial charge is 0.465 e. The zero-order valence-electron chi connectivity index (χ0n) is 12.2. The lowest BCUT2D eigenvalue weighted by atomic mass is 10.0. The standard InChI is InChI=1S/C16H23NO3/c1-3-19-16(18)15(13-7-5-4-6-8-13)17-14-9-10-20-12(2)11-14/h4-8,12,14-15,17H,3,9-11H2,1-2H3. The minimum absolute atomic E-state index is 0.210. The predicted octanol–water partition coefficient (Wildman–Crippen LogP) is 2.45. The van der Waals surface area contributed by atoms with Crippen LogP contribution in [0.15, 0.2) is 30.3 Å². The number of benzene rings is 1. The molecule has 3 unspecified atom stereocenters. The van der Waals surface area contributed by atoms with Gasteiger partial charge in [0.15, 0.2) is 0 Å². The minimum Gasteiger partial charge on any atom is -0.465 e. The summed E-state index contributed by atoms with van der Waals surface area (Å²) in [5, 5.41) is 3.43. The highest BCUT2D eigenvalue weighted by Crippen LogP contribution is 2.20. The fourth-order valence-electron chi connectivity index (χ4n) is 2.56. The van der Waals surface area contributed by atoms with Crippen molar-refractivity contribution in [3.05, 3.63) is 35.9 Å². The summed E-state index contributed by atoms with van der Waals surface area (Å²) in [6, 6.07) is 9.63. The van der Waals surface area contributed by atoms with Crippen molar-refractivity contribution >= 4 is 5.97 Å². The minimum atomic E-state index is -0.397. The van der Waals surface area contributed by atoms with Crippen molar-refractivity contribution in [1.82, 2.24) is 5.32 Å². The van der Waals surface area contributed by atoms with Gasteiger partial charge in [-0.25, -0.2) is 4.79 Å². The Kier molecular flexibility index (Phi) is 5.56. The number of carbonyl (C=O) groups excluding carboxylic acids is 1. The maximum Gasteiger partial charge on any atom is 0.327 e. The number of ether oxygens (including phenoxy) is 2. The Morgan fingerprint density at radius 3 is 2.85 bits per heavy atom. The Morgan fingerprint density at radius 1 is 1.45 bits per heavy atom. The molecule has 0 saturated carbocycles. The van der Waals surface area contributed by atoms with Crippen LogP contribution in [0.2, 0.25) is 0 Å². The first-order valence-corrected chi connectivity index (χ1v) is 7.30. The lowest BCUT2D eigenvalue weighted by Crippen LogP contribution is -2.42. The lowest BCUT2D eigenvalue weighted by Gasteiger charge is -2.31. The number of esters is 1. The average Bonchev–Trinajstić information content (AvgIpc) is 2.46. The molecule has 0 aromatic heterocycles. The highest BCUT2D eigenvalue weighted by molar-refractivity contribution is 5.77. The summed E-state index contributed by atoms with van der Waals surface area (Å²) >= 11 is 0. The summed E-state index contributed by atoms with van der Waals surface area (Å²) in [6.07, 6.45) is 2.08. The third-order valence-electron chi connectivity index (χ3n) is 3.54. The SMILES string of the molecule is CCOC(=O)C(NC1CCOC(C)C1)c1ccccc1. The van der Waals surface area contributed by atoms with Gasteiger partial charge < -0.3 is 9.47 Å². The van der Waals surface area contributed by atoms with Gasteiger partial charge in [-0.15, -0.1) is 0 Å². The molecule has 1 aromatic carbocycles. The number of carbonyl (C=O) groups is 1. The van der Waals surface area contributed by atoms with Crippen molar-refractivity contribution in [2.75, 3.05) is 13.2 Å². The summed E-state index contributed by atoms with van der Waals surface area (Å²) in [7, 11) is 0. The van der Waals surface area contributed by atoms with Gasteiger partial charge in [0, 0.05) is 12.6 Å². The monoisotopic (exact) mass is 277 g/mol. The van der Waals surface area contributed by atoms with Crippen LogP contribution in [0.4, 0.5) is 0 Å². The molecule has 0 bridgehead atoms. The number of nitrogens with one attached hydrogen (secondary N) is 1. The molecular weight excluding hydrogens is 254 g/mol. The smallest absolute Gasteiger partial charge is 0.327 e. The maximum absolute atomic E-state index is 12.2. The lowest BCUT2D eigenvalue weighted by molar-refractivity contribution is -0.146. The summed E-state index contributed by atoms with van der Waals surface area (Å²) in [4.78, 5) is 12.2. The van der Waals surface area contributed by atoms with Gasteiger partial charge in [-0.05, 0) is 32.3 Å². The van der Waals surface area contributed by atoms with Crippen LogP contribution in [-0.4, -0.2) is 31.3 Å². The van der Waals surface area contributed by atoms with Crippen LogP contribution in [0, 0.1) is 0 Å². The molecule has 0 spiro atoms. The molecule has 0 amide bonds. The van der Waals surface area contributed by atoms with Crippen LogP contribution < -0.4 is 5.32 Å². The van der Waals surface area contributed by atoms with Crippen LogP contribution in [0.3, 0.4) is 0 Å². The van der Waals surface area contributed by atoms with Crippen molar-refractivity contribution in [1.29, 1.82) is 0 Å². The molecule has 110 valence electrons. The van der Waals surface area contributed by atoms with Crippen molar-refractivity contribution in [2.45, 2.75) is 44.9 Å². The fourth-order valence-corrected chi connectivity index (χ4v) is 2.56. The number of hydrogen-bond acceptors (Lipinski definition) is 4. The normalized spacial score (nSPS) is 24.1. The average molecular weight is 277 g/mol. The Labute approximate surface area is 120 Å². The topological polar surface area (TPSA) is 47.6 Å². The molecule has 1 aliphatic heterocycles. The van der Waals surface area contributed by atoms with Gasteiger partial charge in [0.25, 0.3) is 0 Å². The number of hydrogen-bond donors (Lipinski definition) is 1. The molecule has 0 aliphatic carbocycles. The van der Waals surface area contributed by atoms with E-state index in [1.807, 2.05) is 37.3 Å². The second-order valence-corrected chi connectivity index (χ2v) is 5.17. The van der Waals surface area contributed by atoms with Crippen molar-refractivity contribution < 1.29 is 14.3 Å². The molecule has 4 nitrogen and oxygen atoms in total. The third kappa shape index (κ3) is 4.05. The summed E-state index contributed by atoms with van der Waals surface area (Å²) in [5.74, 6) is -0.210. The van der Waals surface area contributed by atoms with Crippen LogP contribution in [-0.2, 0) is 14.3 Å². The quantitative estimate of drug-likeness (QED) is 0.840. The Hall–Kier alpha value is -1.39. The predicted molar refractivity (Wildman–Crippen MR) is 77.4 cm³/mol. The second-order valence-electron chi connectivity index (χ2n) is 5.17. The van der Waals surface area contributed by atoms with E-state index in [-0.39, 0.29) is 18.1 Å². The zero-order valence-corrected chi connectivity index (χ0v) is 12.2. The van der Waals surface area contributed by atoms with E-state index in [4.69, 9.17) is 9.47 Å². The highest BCUT2D eigenvalue weighted by atomic mass is 16.5. The van der Waals surface area contributed by atoms with E-state index in [1.165, 1.54) is 0 Å². The van der Waals surface area contributed by atoms with Crippen molar-refractivity contribution in [3.63, 3.8) is 0 Å². The zero-order chi connectivity index (χ0) is 14.4. The summed E-state index contributed by atoms with van der Waals surface area (Å²) < 4.78 is 10.7. The van der Waals surface area contributed by atoms with E-state index in [1.54, 1.807) is 0 Å². The van der Waals surface area contributed by atoms with Crippen LogP contribution in [0.5, 0.6) is 0 Å². The first-order chi connectivity index (χ1) is 9.70. The van der Waals surface area contributed by atoms with Gasteiger partial charge in [0.1, 0.15) is 6.04 Å². The van der Waals surface area contributed by atoms with E-state index in [2.05, 4.69) is 12.2 Å². The van der Waals surface area contributed by atoms with E-state index in [9.17, 15) is 4.79 Å². The molecule has 1 aromatic rings. The summed E-state index contributed by atoms with van der Waals surface area (Å²) in [5.41, 5.74) is 0.949. The van der Waals surface area contributed by atoms with Gasteiger partial charge in [-0.3, -0.25) is 5.32 Å². The van der Waals surface area contributed by atoms with Crippen LogP contribution >= 0.6 is 0 Å². The van der Waals surface area contributed by atoms with E-state index in [0.29, 0.717) is 6.61 Å². The number of rotatable bonds is 5. The molecule has 0 radical (unpaired) electrons. The molecule has 1 fully saturated rings. The molecular formula is C16H23NO3. The van der Waals surface area contributed by atoms with E-state index >= 15 is 0 Å². The molecule has 2 rings (SSSR count). The van der Waals surface area contributed by atoms with Crippen LogP contribution in [0.1, 0.15) is 38.3 Å². The first kappa shape index (κ1) is 15.0. The highest BCUT2D eigenvalue weighted by Gasteiger charge is 2.27.